The highest BCUT2D eigenvalue weighted by molar-refractivity contribution is 5.90. The van der Waals surface area contributed by atoms with Crippen LogP contribution in [0.15, 0.2) is 0 Å². The van der Waals surface area contributed by atoms with E-state index in [0.717, 1.165) is 19.5 Å². The van der Waals surface area contributed by atoms with Crippen molar-refractivity contribution in [2.75, 3.05) is 26.2 Å². The third kappa shape index (κ3) is 2.44. The molecular weight excluding hydrogens is 218 g/mol. The van der Waals surface area contributed by atoms with Crippen LogP contribution in [0.3, 0.4) is 0 Å². The summed E-state index contributed by atoms with van der Waals surface area (Å²) in [5.41, 5.74) is 0. The van der Waals surface area contributed by atoms with E-state index in [1.165, 1.54) is 0 Å². The lowest BCUT2D eigenvalue weighted by Crippen LogP contribution is -2.60. The van der Waals surface area contributed by atoms with Crippen molar-refractivity contribution in [1.29, 1.82) is 0 Å². The Morgan fingerprint density at radius 2 is 2.18 bits per heavy atom. The van der Waals surface area contributed by atoms with Crippen molar-refractivity contribution < 1.29 is 9.59 Å². The SMILES string of the molecule is CC(C)[C@@H]1C(=O)NCCN1C(=O)[C@@H]1CCNC1. The van der Waals surface area contributed by atoms with Crippen LogP contribution in [-0.4, -0.2) is 48.9 Å². The number of hydrogen-bond acceptors (Lipinski definition) is 3. The fraction of sp³-hybridized carbons (Fsp3) is 0.833. The number of carbonyl (C=O) groups excluding carboxylic acids is 2. The number of hydrogen-bond donors (Lipinski definition) is 2. The monoisotopic (exact) mass is 239 g/mol. The van der Waals surface area contributed by atoms with Crippen LogP contribution >= 0.6 is 0 Å². The number of amides is 2. The Morgan fingerprint density at radius 3 is 2.76 bits per heavy atom. The quantitative estimate of drug-likeness (QED) is 0.688. The number of piperazine rings is 1. The van der Waals surface area contributed by atoms with Gasteiger partial charge in [-0.15, -0.1) is 0 Å². The molecule has 2 fully saturated rings. The third-order valence-corrected chi connectivity index (χ3v) is 3.58. The van der Waals surface area contributed by atoms with Crippen molar-refractivity contribution in [3.63, 3.8) is 0 Å². The molecule has 0 bridgehead atoms. The molecule has 0 aromatic rings. The van der Waals surface area contributed by atoms with E-state index in [2.05, 4.69) is 10.6 Å². The van der Waals surface area contributed by atoms with Gasteiger partial charge in [-0.25, -0.2) is 0 Å². The molecule has 5 heteroatoms. The van der Waals surface area contributed by atoms with E-state index >= 15 is 0 Å². The van der Waals surface area contributed by atoms with Crippen LogP contribution in [0.4, 0.5) is 0 Å². The van der Waals surface area contributed by atoms with Crippen molar-refractivity contribution in [2.24, 2.45) is 11.8 Å². The Labute approximate surface area is 102 Å². The summed E-state index contributed by atoms with van der Waals surface area (Å²) < 4.78 is 0. The normalized spacial score (nSPS) is 29.6. The summed E-state index contributed by atoms with van der Waals surface area (Å²) in [5, 5.41) is 6.04. The van der Waals surface area contributed by atoms with Gasteiger partial charge in [-0.1, -0.05) is 13.8 Å². The van der Waals surface area contributed by atoms with Gasteiger partial charge in [0.25, 0.3) is 0 Å². The highest BCUT2D eigenvalue weighted by Gasteiger charge is 2.38. The van der Waals surface area contributed by atoms with Crippen molar-refractivity contribution in [3.05, 3.63) is 0 Å². The summed E-state index contributed by atoms with van der Waals surface area (Å²) >= 11 is 0. The zero-order chi connectivity index (χ0) is 12.4. The molecule has 0 radical (unpaired) electrons. The molecule has 2 aliphatic rings. The van der Waals surface area contributed by atoms with Crippen LogP contribution in [0.2, 0.25) is 0 Å². The van der Waals surface area contributed by atoms with Crippen LogP contribution in [0.1, 0.15) is 20.3 Å². The Bertz CT molecular complexity index is 311. The lowest BCUT2D eigenvalue weighted by Gasteiger charge is -2.38. The number of carbonyl (C=O) groups is 2. The summed E-state index contributed by atoms with van der Waals surface area (Å²) in [6, 6.07) is -0.295. The molecule has 0 saturated carbocycles. The van der Waals surface area contributed by atoms with E-state index in [9.17, 15) is 9.59 Å². The van der Waals surface area contributed by atoms with E-state index in [0.29, 0.717) is 13.1 Å². The first-order valence-corrected chi connectivity index (χ1v) is 6.40. The molecule has 2 atom stereocenters. The second kappa shape index (κ2) is 5.04. The Morgan fingerprint density at radius 1 is 1.41 bits per heavy atom. The lowest BCUT2D eigenvalue weighted by molar-refractivity contribution is -0.147. The van der Waals surface area contributed by atoms with Gasteiger partial charge >= 0.3 is 0 Å². The predicted octanol–water partition coefficient (Wildman–Crippen LogP) is -0.421. The first-order valence-electron chi connectivity index (χ1n) is 6.40. The molecular formula is C12H21N3O2. The van der Waals surface area contributed by atoms with Gasteiger partial charge in [0.2, 0.25) is 11.8 Å². The molecule has 0 aromatic heterocycles. The van der Waals surface area contributed by atoms with Gasteiger partial charge in [0.15, 0.2) is 0 Å². The number of rotatable bonds is 2. The largest absolute Gasteiger partial charge is 0.353 e. The Kier molecular flexibility index (Phi) is 3.66. The van der Waals surface area contributed by atoms with Gasteiger partial charge in [-0.05, 0) is 18.9 Å². The van der Waals surface area contributed by atoms with Gasteiger partial charge in [-0.3, -0.25) is 9.59 Å². The molecule has 2 N–H and O–H groups in total. The maximum Gasteiger partial charge on any atom is 0.243 e. The predicted molar refractivity (Wildman–Crippen MR) is 64.3 cm³/mol. The van der Waals surface area contributed by atoms with Crippen LogP contribution < -0.4 is 10.6 Å². The maximum atomic E-state index is 12.4. The standard InChI is InChI=1S/C12H21N3O2/c1-8(2)10-11(16)14-5-6-15(10)12(17)9-3-4-13-7-9/h8-10,13H,3-7H2,1-2H3,(H,14,16)/t9-,10-/m1/s1. The molecule has 2 saturated heterocycles. The second-order valence-corrected chi connectivity index (χ2v) is 5.20. The van der Waals surface area contributed by atoms with E-state index in [1.54, 1.807) is 4.90 Å². The Balaban J connectivity index is 2.10. The van der Waals surface area contributed by atoms with Crippen molar-refractivity contribution >= 4 is 11.8 Å². The first-order chi connectivity index (χ1) is 8.11. The van der Waals surface area contributed by atoms with E-state index in [4.69, 9.17) is 0 Å². The van der Waals surface area contributed by atoms with Gasteiger partial charge in [0, 0.05) is 19.6 Å². The molecule has 2 heterocycles. The van der Waals surface area contributed by atoms with Crippen LogP contribution in [0, 0.1) is 11.8 Å². The number of nitrogens with one attached hydrogen (secondary N) is 2. The first kappa shape index (κ1) is 12.4. The number of nitrogens with zero attached hydrogens (tertiary/aromatic N) is 1. The minimum Gasteiger partial charge on any atom is -0.353 e. The van der Waals surface area contributed by atoms with Crippen LogP contribution in [0.25, 0.3) is 0 Å². The third-order valence-electron chi connectivity index (χ3n) is 3.58. The molecule has 5 nitrogen and oxygen atoms in total. The topological polar surface area (TPSA) is 61.4 Å². The molecule has 0 aliphatic carbocycles. The summed E-state index contributed by atoms with van der Waals surface area (Å²) in [5.74, 6) is 0.352. The Hall–Kier alpha value is -1.10. The average molecular weight is 239 g/mol. The highest BCUT2D eigenvalue weighted by atomic mass is 16.2. The molecule has 2 amide bonds. The van der Waals surface area contributed by atoms with Crippen molar-refractivity contribution in [1.82, 2.24) is 15.5 Å². The van der Waals surface area contributed by atoms with E-state index in [1.807, 2.05) is 13.8 Å². The molecule has 96 valence electrons. The smallest absolute Gasteiger partial charge is 0.243 e. The van der Waals surface area contributed by atoms with Crippen LogP contribution in [0.5, 0.6) is 0 Å². The zero-order valence-electron chi connectivity index (χ0n) is 10.5. The van der Waals surface area contributed by atoms with Crippen molar-refractivity contribution in [3.8, 4) is 0 Å². The summed E-state index contributed by atoms with van der Waals surface area (Å²) in [7, 11) is 0. The second-order valence-electron chi connectivity index (χ2n) is 5.20. The average Bonchev–Trinajstić information content (AvgIpc) is 2.80. The minimum atomic E-state index is -0.295. The molecule has 0 spiro atoms. The minimum absolute atomic E-state index is 0.00874. The fourth-order valence-corrected chi connectivity index (χ4v) is 2.69. The zero-order valence-corrected chi connectivity index (χ0v) is 10.5. The molecule has 17 heavy (non-hydrogen) atoms. The van der Waals surface area contributed by atoms with Gasteiger partial charge in [0.05, 0.1) is 5.92 Å². The lowest BCUT2D eigenvalue weighted by atomic mass is 9.97. The molecule has 0 aromatic carbocycles. The highest BCUT2D eigenvalue weighted by Crippen LogP contribution is 2.19. The maximum absolute atomic E-state index is 12.4. The van der Waals surface area contributed by atoms with Crippen LogP contribution in [-0.2, 0) is 9.59 Å². The molecule has 2 rings (SSSR count). The van der Waals surface area contributed by atoms with Gasteiger partial charge in [0.1, 0.15) is 6.04 Å². The van der Waals surface area contributed by atoms with Gasteiger partial charge < -0.3 is 15.5 Å². The van der Waals surface area contributed by atoms with Gasteiger partial charge in [-0.2, -0.15) is 0 Å². The van der Waals surface area contributed by atoms with Crippen molar-refractivity contribution in [2.45, 2.75) is 26.3 Å². The summed E-state index contributed by atoms with van der Waals surface area (Å²) in [6.45, 7) is 6.86. The summed E-state index contributed by atoms with van der Waals surface area (Å²) in [6.07, 6.45) is 0.891. The van der Waals surface area contributed by atoms with E-state index in [-0.39, 0.29) is 29.7 Å². The molecule has 0 unspecified atom stereocenters. The summed E-state index contributed by atoms with van der Waals surface area (Å²) in [4.78, 5) is 26.0. The van der Waals surface area contributed by atoms with E-state index < -0.39 is 0 Å². The molecule has 2 aliphatic heterocycles. The fourth-order valence-electron chi connectivity index (χ4n) is 2.69.